The largest absolute Gasteiger partial charge is 0.457 e. The molecular formula is C27H16ClN3O6S. The molecule has 1 aliphatic heterocycles. The van der Waals surface area contributed by atoms with Crippen molar-refractivity contribution in [2.24, 2.45) is 0 Å². The number of hydrogen-bond acceptors (Lipinski definition) is 7. The van der Waals surface area contributed by atoms with Crippen molar-refractivity contribution in [2.75, 3.05) is 4.90 Å². The smallest absolute Gasteiger partial charge is 0.270 e. The van der Waals surface area contributed by atoms with E-state index in [2.05, 4.69) is 5.32 Å². The van der Waals surface area contributed by atoms with Gasteiger partial charge < -0.3 is 9.15 Å². The molecule has 2 heterocycles. The summed E-state index contributed by atoms with van der Waals surface area (Å²) in [5, 5.41) is 13.8. The highest BCUT2D eigenvalue weighted by Gasteiger charge is 2.34. The maximum Gasteiger partial charge on any atom is 0.270 e. The molecule has 0 saturated carbocycles. The van der Waals surface area contributed by atoms with E-state index in [1.165, 1.54) is 41.3 Å². The Kier molecular flexibility index (Phi) is 6.73. The molecule has 1 N–H and O–H groups in total. The summed E-state index contributed by atoms with van der Waals surface area (Å²) < 4.78 is 11.5. The van der Waals surface area contributed by atoms with Gasteiger partial charge in [0.05, 0.1) is 15.6 Å². The van der Waals surface area contributed by atoms with Crippen LogP contribution in [0.2, 0.25) is 5.02 Å². The van der Waals surface area contributed by atoms with Gasteiger partial charge in [-0.3, -0.25) is 29.9 Å². The zero-order valence-electron chi connectivity index (χ0n) is 19.3. The summed E-state index contributed by atoms with van der Waals surface area (Å²) in [5.41, 5.74) is 0.349. The fraction of sp³-hybridized carbons (Fsp3) is 0. The molecule has 0 spiro atoms. The molecule has 11 heteroatoms. The first-order chi connectivity index (χ1) is 18.3. The summed E-state index contributed by atoms with van der Waals surface area (Å²) in [7, 11) is 0. The van der Waals surface area contributed by atoms with Gasteiger partial charge in [0.2, 0.25) is 0 Å². The van der Waals surface area contributed by atoms with Crippen LogP contribution in [0.1, 0.15) is 5.76 Å². The zero-order chi connectivity index (χ0) is 26.8. The Morgan fingerprint density at radius 1 is 0.974 bits per heavy atom. The van der Waals surface area contributed by atoms with E-state index in [1.807, 2.05) is 30.3 Å². The summed E-state index contributed by atoms with van der Waals surface area (Å²) in [6.07, 6.45) is 1.27. The molecule has 4 aromatic rings. The van der Waals surface area contributed by atoms with Crippen LogP contribution in [0.25, 0.3) is 17.4 Å². The van der Waals surface area contributed by atoms with Crippen molar-refractivity contribution in [1.29, 1.82) is 0 Å². The lowest BCUT2D eigenvalue weighted by Crippen LogP contribution is -2.54. The molecule has 1 aromatic heterocycles. The molecule has 1 saturated heterocycles. The van der Waals surface area contributed by atoms with Crippen LogP contribution in [0.4, 0.5) is 11.4 Å². The Morgan fingerprint density at radius 3 is 2.39 bits per heavy atom. The third-order valence-corrected chi connectivity index (χ3v) is 6.13. The van der Waals surface area contributed by atoms with E-state index in [9.17, 15) is 19.7 Å². The highest BCUT2D eigenvalue weighted by molar-refractivity contribution is 7.80. The van der Waals surface area contributed by atoms with E-state index in [0.717, 1.165) is 0 Å². The molecule has 1 fully saturated rings. The number of nitrogens with zero attached hydrogens (tertiary/aromatic N) is 2. The van der Waals surface area contributed by atoms with Crippen molar-refractivity contribution in [3.05, 3.63) is 111 Å². The van der Waals surface area contributed by atoms with Gasteiger partial charge in [-0.1, -0.05) is 29.8 Å². The number of nitro benzene ring substituents is 1. The standard InChI is InChI=1S/C27H16ClN3O6S/c28-23-12-8-17(31(34)35)14-21(23)24-13-11-20(37-24)15-22-25(32)29-27(38)30(26(22)33)16-6-9-19(10-7-16)36-18-4-2-1-3-5-18/h1-15H,(H,29,32,38)/b22-15+. The third kappa shape index (κ3) is 5.03. The van der Waals surface area contributed by atoms with E-state index in [-0.39, 0.29) is 32.9 Å². The number of nitro groups is 1. The molecule has 0 aliphatic carbocycles. The summed E-state index contributed by atoms with van der Waals surface area (Å²) >= 11 is 11.5. The van der Waals surface area contributed by atoms with Crippen molar-refractivity contribution in [3.63, 3.8) is 0 Å². The number of para-hydroxylation sites is 1. The maximum absolute atomic E-state index is 13.3. The number of halogens is 1. The molecule has 9 nitrogen and oxygen atoms in total. The van der Waals surface area contributed by atoms with Gasteiger partial charge in [-0.25, -0.2) is 0 Å². The first-order valence-electron chi connectivity index (χ1n) is 11.1. The molecule has 3 aromatic carbocycles. The Labute approximate surface area is 226 Å². The van der Waals surface area contributed by atoms with E-state index >= 15 is 0 Å². The molecule has 188 valence electrons. The maximum atomic E-state index is 13.3. The molecule has 0 bridgehead atoms. The monoisotopic (exact) mass is 545 g/mol. The van der Waals surface area contributed by atoms with Crippen molar-refractivity contribution < 1.29 is 23.7 Å². The molecule has 0 atom stereocenters. The lowest BCUT2D eigenvalue weighted by atomic mass is 10.1. The number of anilines is 1. The van der Waals surface area contributed by atoms with Gasteiger partial charge >= 0.3 is 0 Å². The van der Waals surface area contributed by atoms with E-state index in [1.54, 1.807) is 24.3 Å². The molecule has 1 aliphatic rings. The number of nitrogens with one attached hydrogen (secondary N) is 1. The van der Waals surface area contributed by atoms with Crippen LogP contribution in [-0.2, 0) is 9.59 Å². The zero-order valence-corrected chi connectivity index (χ0v) is 20.9. The quantitative estimate of drug-likeness (QED) is 0.102. The van der Waals surface area contributed by atoms with Crippen LogP contribution >= 0.6 is 23.8 Å². The van der Waals surface area contributed by atoms with Crippen molar-refractivity contribution >= 4 is 58.2 Å². The van der Waals surface area contributed by atoms with Crippen molar-refractivity contribution in [1.82, 2.24) is 5.32 Å². The Bertz CT molecular complexity index is 1620. The van der Waals surface area contributed by atoms with Gasteiger partial charge in [0.25, 0.3) is 17.5 Å². The Morgan fingerprint density at radius 2 is 1.68 bits per heavy atom. The predicted molar refractivity (Wildman–Crippen MR) is 145 cm³/mol. The van der Waals surface area contributed by atoms with Gasteiger partial charge in [-0.2, -0.15) is 0 Å². The molecule has 2 amide bonds. The summed E-state index contributed by atoms with van der Waals surface area (Å²) in [6, 6.07) is 22.9. The summed E-state index contributed by atoms with van der Waals surface area (Å²) in [6.45, 7) is 0. The van der Waals surface area contributed by atoms with Gasteiger partial charge in [0.1, 0.15) is 28.6 Å². The van der Waals surface area contributed by atoms with Crippen LogP contribution in [0.3, 0.4) is 0 Å². The average molecular weight is 546 g/mol. The molecule has 0 radical (unpaired) electrons. The minimum absolute atomic E-state index is 0.0719. The number of hydrogen-bond donors (Lipinski definition) is 1. The molecule has 5 rings (SSSR count). The third-order valence-electron chi connectivity index (χ3n) is 5.52. The second-order valence-electron chi connectivity index (χ2n) is 7.99. The average Bonchev–Trinajstić information content (AvgIpc) is 3.36. The highest BCUT2D eigenvalue weighted by atomic mass is 35.5. The fourth-order valence-corrected chi connectivity index (χ4v) is 4.20. The second kappa shape index (κ2) is 10.3. The number of carbonyl (C=O) groups excluding carboxylic acids is 2. The Balaban J connectivity index is 1.40. The van der Waals surface area contributed by atoms with Gasteiger partial charge in [0, 0.05) is 17.7 Å². The summed E-state index contributed by atoms with van der Waals surface area (Å²) in [4.78, 5) is 37.7. The molecule has 0 unspecified atom stereocenters. The lowest BCUT2D eigenvalue weighted by molar-refractivity contribution is -0.384. The lowest BCUT2D eigenvalue weighted by Gasteiger charge is -2.28. The Hall–Kier alpha value is -4.80. The van der Waals surface area contributed by atoms with E-state index in [0.29, 0.717) is 22.7 Å². The van der Waals surface area contributed by atoms with Gasteiger partial charge in [-0.05, 0) is 72.9 Å². The predicted octanol–water partition coefficient (Wildman–Crippen LogP) is 6.13. The first-order valence-corrected chi connectivity index (χ1v) is 11.9. The van der Waals surface area contributed by atoms with Crippen LogP contribution in [0.15, 0.2) is 94.9 Å². The van der Waals surface area contributed by atoms with Crippen LogP contribution in [0.5, 0.6) is 11.5 Å². The molecule has 38 heavy (non-hydrogen) atoms. The minimum Gasteiger partial charge on any atom is -0.457 e. The van der Waals surface area contributed by atoms with Crippen LogP contribution < -0.4 is 15.0 Å². The number of thiocarbonyl (C=S) groups is 1. The topological polar surface area (TPSA) is 115 Å². The number of furan rings is 1. The molecular weight excluding hydrogens is 530 g/mol. The number of carbonyl (C=O) groups is 2. The number of rotatable bonds is 6. The SMILES string of the molecule is O=C1NC(=S)N(c2ccc(Oc3ccccc3)cc2)C(=O)/C1=C/c1ccc(-c2cc([N+](=O)[O-])ccc2Cl)o1. The first kappa shape index (κ1) is 24.9. The van der Waals surface area contributed by atoms with E-state index in [4.69, 9.17) is 33.0 Å². The van der Waals surface area contributed by atoms with Crippen molar-refractivity contribution in [3.8, 4) is 22.8 Å². The summed E-state index contributed by atoms with van der Waals surface area (Å²) in [5.74, 6) is 0.272. The number of non-ortho nitro benzene ring substituents is 1. The van der Waals surface area contributed by atoms with E-state index < -0.39 is 16.7 Å². The van der Waals surface area contributed by atoms with Crippen molar-refractivity contribution in [2.45, 2.75) is 0 Å². The van der Waals surface area contributed by atoms with Crippen LogP contribution in [0, 0.1) is 10.1 Å². The fourth-order valence-electron chi connectivity index (χ4n) is 3.71. The van der Waals surface area contributed by atoms with Gasteiger partial charge in [-0.15, -0.1) is 0 Å². The number of amides is 2. The number of benzene rings is 3. The van der Waals surface area contributed by atoms with Gasteiger partial charge in [0.15, 0.2) is 5.11 Å². The normalized spacial score (nSPS) is 14.5. The minimum atomic E-state index is -0.688. The highest BCUT2D eigenvalue weighted by Crippen LogP contribution is 2.33. The van der Waals surface area contributed by atoms with Crippen LogP contribution in [-0.4, -0.2) is 21.9 Å². The number of ether oxygens (including phenoxy) is 1. The second-order valence-corrected chi connectivity index (χ2v) is 8.78.